The molecule has 31 heavy (non-hydrogen) atoms. The number of hydrogen-bond donors (Lipinski definition) is 2. The van der Waals surface area contributed by atoms with Crippen LogP contribution >= 0.6 is 11.3 Å². The maximum atomic E-state index is 11.6. The minimum atomic E-state index is -0.918. The van der Waals surface area contributed by atoms with Crippen LogP contribution in [0.3, 0.4) is 0 Å². The Bertz CT molecular complexity index is 1190. The molecule has 2 aromatic heterocycles. The lowest BCUT2D eigenvalue weighted by atomic mass is 9.98. The maximum absolute atomic E-state index is 11.6. The summed E-state index contributed by atoms with van der Waals surface area (Å²) in [6.07, 6.45) is 4.80. The van der Waals surface area contributed by atoms with Crippen LogP contribution < -0.4 is 5.73 Å². The first-order valence-corrected chi connectivity index (χ1v) is 11.0. The third kappa shape index (κ3) is 3.96. The van der Waals surface area contributed by atoms with Gasteiger partial charge >= 0.3 is 5.97 Å². The zero-order valence-electron chi connectivity index (χ0n) is 17.8. The lowest BCUT2D eigenvalue weighted by molar-refractivity contribution is -0.137. The largest absolute Gasteiger partial charge is 0.481 e. The molecular formula is C23H25N5O2S. The topological polar surface area (TPSA) is 106 Å². The Morgan fingerprint density at radius 3 is 2.65 bits per heavy atom. The predicted octanol–water partition coefficient (Wildman–Crippen LogP) is 3.98. The smallest absolute Gasteiger partial charge is 0.306 e. The van der Waals surface area contributed by atoms with Gasteiger partial charge in [0.2, 0.25) is 0 Å². The van der Waals surface area contributed by atoms with Crippen LogP contribution in [0.15, 0.2) is 35.3 Å². The summed E-state index contributed by atoms with van der Waals surface area (Å²) in [5.74, 6) is 0.377. The first kappa shape index (κ1) is 21.1. The van der Waals surface area contributed by atoms with Crippen molar-refractivity contribution in [3.8, 4) is 5.00 Å². The van der Waals surface area contributed by atoms with Crippen molar-refractivity contribution < 1.29 is 9.90 Å². The summed E-state index contributed by atoms with van der Waals surface area (Å²) < 4.78 is 1.97. The van der Waals surface area contributed by atoms with Gasteiger partial charge in [-0.3, -0.25) is 14.4 Å². The molecule has 1 aliphatic heterocycles. The molecule has 1 aromatic carbocycles. The Morgan fingerprint density at radius 2 is 1.97 bits per heavy atom. The van der Waals surface area contributed by atoms with Gasteiger partial charge in [0.15, 0.2) is 5.82 Å². The Kier molecular flexibility index (Phi) is 5.84. The molecule has 0 bridgehead atoms. The Balaban J connectivity index is 1.88. The number of carboxylic acids is 1. The number of nitrogens with zero attached hydrogens (tertiary/aromatic N) is 4. The molecule has 0 spiro atoms. The van der Waals surface area contributed by atoms with Crippen LogP contribution in [0.1, 0.15) is 57.7 Å². The number of benzene rings is 1. The van der Waals surface area contributed by atoms with E-state index in [9.17, 15) is 9.90 Å². The van der Waals surface area contributed by atoms with Crippen LogP contribution in [0.5, 0.6) is 0 Å². The van der Waals surface area contributed by atoms with Crippen molar-refractivity contribution in [2.75, 3.05) is 6.54 Å². The van der Waals surface area contributed by atoms with E-state index in [0.29, 0.717) is 12.4 Å². The quantitative estimate of drug-likeness (QED) is 0.609. The molecule has 0 amide bonds. The van der Waals surface area contributed by atoms with Gasteiger partial charge in [-0.05, 0) is 44.9 Å². The van der Waals surface area contributed by atoms with Gasteiger partial charge in [-0.2, -0.15) is 0 Å². The average molecular weight is 436 g/mol. The second kappa shape index (κ2) is 8.56. The van der Waals surface area contributed by atoms with Crippen molar-refractivity contribution in [2.45, 2.75) is 39.7 Å². The van der Waals surface area contributed by atoms with Crippen LogP contribution in [-0.2, 0) is 4.79 Å². The SMILES string of the molecule is Cc1sc2c(c1C)C(c1ccc(C=CCCN)cc1)=N[C@@H](CC(=O)O)c1nnc(C)n1-2. The molecule has 0 saturated heterocycles. The number of fused-ring (bicyclic) bond motifs is 3. The highest BCUT2D eigenvalue weighted by atomic mass is 32.1. The van der Waals surface area contributed by atoms with E-state index in [1.165, 1.54) is 4.88 Å². The number of aryl methyl sites for hydroxylation is 2. The minimum Gasteiger partial charge on any atom is -0.481 e. The molecule has 3 N–H and O–H groups in total. The summed E-state index contributed by atoms with van der Waals surface area (Å²) in [6.45, 7) is 6.68. The summed E-state index contributed by atoms with van der Waals surface area (Å²) in [7, 11) is 0. The molecule has 0 fully saturated rings. The monoisotopic (exact) mass is 435 g/mol. The van der Waals surface area contributed by atoms with Gasteiger partial charge in [0.05, 0.1) is 12.1 Å². The number of aromatic nitrogens is 3. The number of thiophene rings is 1. The predicted molar refractivity (Wildman–Crippen MR) is 123 cm³/mol. The third-order valence-electron chi connectivity index (χ3n) is 5.44. The summed E-state index contributed by atoms with van der Waals surface area (Å²) >= 11 is 1.66. The Labute approximate surface area is 185 Å². The van der Waals surface area contributed by atoms with E-state index in [0.717, 1.165) is 45.2 Å². The van der Waals surface area contributed by atoms with Gasteiger partial charge in [-0.15, -0.1) is 21.5 Å². The molecular weight excluding hydrogens is 410 g/mol. The highest BCUT2D eigenvalue weighted by Crippen LogP contribution is 2.39. The van der Waals surface area contributed by atoms with Gasteiger partial charge in [-0.1, -0.05) is 36.4 Å². The Morgan fingerprint density at radius 1 is 1.23 bits per heavy atom. The van der Waals surface area contributed by atoms with Crippen molar-refractivity contribution in [3.05, 3.63) is 69.1 Å². The van der Waals surface area contributed by atoms with E-state index >= 15 is 0 Å². The zero-order chi connectivity index (χ0) is 22.1. The van der Waals surface area contributed by atoms with Gasteiger partial charge in [0.25, 0.3) is 0 Å². The summed E-state index contributed by atoms with van der Waals surface area (Å²) in [4.78, 5) is 17.7. The van der Waals surface area contributed by atoms with Crippen molar-refractivity contribution in [2.24, 2.45) is 10.7 Å². The van der Waals surface area contributed by atoms with Gasteiger partial charge in [-0.25, -0.2) is 0 Å². The lowest BCUT2D eigenvalue weighted by Crippen LogP contribution is -2.10. The highest BCUT2D eigenvalue weighted by Gasteiger charge is 2.32. The van der Waals surface area contributed by atoms with Gasteiger partial charge < -0.3 is 10.8 Å². The van der Waals surface area contributed by atoms with Gasteiger partial charge in [0.1, 0.15) is 16.9 Å². The molecule has 8 heteroatoms. The van der Waals surface area contributed by atoms with Gasteiger partial charge in [0, 0.05) is 16.0 Å². The summed E-state index contributed by atoms with van der Waals surface area (Å²) in [5.41, 5.74) is 10.5. The van der Waals surface area contributed by atoms with E-state index in [-0.39, 0.29) is 6.42 Å². The fourth-order valence-electron chi connectivity index (χ4n) is 3.76. The van der Waals surface area contributed by atoms with Crippen molar-refractivity contribution in [1.29, 1.82) is 0 Å². The second-order valence-electron chi connectivity index (χ2n) is 7.60. The number of carboxylic acid groups (broad SMARTS) is 1. The first-order valence-electron chi connectivity index (χ1n) is 10.2. The normalized spacial score (nSPS) is 15.5. The lowest BCUT2D eigenvalue weighted by Gasteiger charge is -2.11. The molecule has 160 valence electrons. The molecule has 4 rings (SSSR count). The fraction of sp³-hybridized carbons (Fsp3) is 0.304. The number of hydrogen-bond acceptors (Lipinski definition) is 6. The molecule has 1 atom stereocenters. The van der Waals surface area contributed by atoms with Crippen LogP contribution in [0, 0.1) is 20.8 Å². The fourth-order valence-corrected chi connectivity index (χ4v) is 4.97. The van der Waals surface area contributed by atoms with Crippen molar-refractivity contribution in [1.82, 2.24) is 14.8 Å². The number of aliphatic imine (C=N–C) groups is 1. The highest BCUT2D eigenvalue weighted by molar-refractivity contribution is 7.15. The van der Waals surface area contributed by atoms with E-state index in [2.05, 4.69) is 36.2 Å². The van der Waals surface area contributed by atoms with Crippen LogP contribution in [-0.4, -0.2) is 38.1 Å². The molecule has 0 aliphatic carbocycles. The summed E-state index contributed by atoms with van der Waals surface area (Å²) in [6, 6.07) is 7.54. The molecule has 1 aliphatic rings. The van der Waals surface area contributed by atoms with E-state index in [1.54, 1.807) is 11.3 Å². The average Bonchev–Trinajstić information content (AvgIpc) is 3.21. The standard InChI is InChI=1S/C23H25N5O2S/c1-13-14(2)31-23-20(13)21(17-9-7-16(8-10-17)6-4-5-11-24)25-18(12-19(29)30)22-27-26-15(3)28(22)23/h4,6-10,18H,5,11-12,24H2,1-3H3,(H,29,30)/t18-/m0/s1. The minimum absolute atomic E-state index is 0.144. The molecule has 0 saturated carbocycles. The number of carbonyl (C=O) groups is 1. The maximum Gasteiger partial charge on any atom is 0.306 e. The molecule has 3 aromatic rings. The second-order valence-corrected chi connectivity index (χ2v) is 8.80. The zero-order valence-corrected chi connectivity index (χ0v) is 18.6. The van der Waals surface area contributed by atoms with Crippen molar-refractivity contribution in [3.63, 3.8) is 0 Å². The first-order chi connectivity index (χ1) is 14.9. The molecule has 0 radical (unpaired) electrons. The van der Waals surface area contributed by atoms with Crippen LogP contribution in [0.2, 0.25) is 0 Å². The summed E-state index contributed by atoms with van der Waals surface area (Å²) in [5, 5.41) is 19.0. The number of nitrogens with two attached hydrogens (primary N) is 1. The Hall–Kier alpha value is -3.10. The van der Waals surface area contributed by atoms with E-state index in [1.807, 2.05) is 35.8 Å². The molecule has 0 unspecified atom stereocenters. The van der Waals surface area contributed by atoms with Crippen molar-refractivity contribution >= 4 is 29.1 Å². The third-order valence-corrected chi connectivity index (χ3v) is 6.63. The molecule has 3 heterocycles. The van der Waals surface area contributed by atoms with Crippen LogP contribution in [0.4, 0.5) is 0 Å². The van der Waals surface area contributed by atoms with E-state index in [4.69, 9.17) is 10.7 Å². The molecule has 7 nitrogen and oxygen atoms in total. The van der Waals surface area contributed by atoms with E-state index < -0.39 is 12.0 Å². The number of rotatable bonds is 6. The number of aliphatic carboxylic acids is 1. The van der Waals surface area contributed by atoms with Crippen LogP contribution in [0.25, 0.3) is 11.1 Å².